The molecule has 0 aromatic heterocycles. The van der Waals surface area contributed by atoms with Crippen LogP contribution < -0.4 is 5.32 Å². The average Bonchev–Trinajstić information content (AvgIpc) is 2.35. The van der Waals surface area contributed by atoms with Crippen LogP contribution in [0, 0.1) is 0 Å². The number of ether oxygens (including phenoxy) is 3. The van der Waals surface area contributed by atoms with Gasteiger partial charge in [0.1, 0.15) is 6.04 Å². The summed E-state index contributed by atoms with van der Waals surface area (Å²) in [6, 6.07) is -0.273. The highest BCUT2D eigenvalue weighted by atomic mass is 16.5. The smallest absolute Gasteiger partial charge is 0.322 e. The summed E-state index contributed by atoms with van der Waals surface area (Å²) in [6.45, 7) is 7.42. The fourth-order valence-corrected chi connectivity index (χ4v) is 2.52. The minimum atomic E-state index is -0.273. The van der Waals surface area contributed by atoms with Gasteiger partial charge in [-0.1, -0.05) is 6.92 Å². The van der Waals surface area contributed by atoms with Crippen molar-refractivity contribution in [2.75, 3.05) is 20.3 Å². The minimum absolute atomic E-state index is 0.223. The molecule has 19 heavy (non-hydrogen) atoms. The average molecular weight is 273 g/mol. The number of hydrogen-bond acceptors (Lipinski definition) is 5. The van der Waals surface area contributed by atoms with Crippen molar-refractivity contribution in [1.82, 2.24) is 5.32 Å². The summed E-state index contributed by atoms with van der Waals surface area (Å²) in [5.74, 6) is -0.223. The lowest BCUT2D eigenvalue weighted by molar-refractivity contribution is -0.144. The third kappa shape index (κ3) is 5.89. The number of rotatable bonds is 7. The molecule has 3 atom stereocenters. The normalized spacial score (nSPS) is 28.9. The Bertz CT molecular complexity index is 262. The Morgan fingerprint density at radius 1 is 1.37 bits per heavy atom. The molecule has 3 unspecified atom stereocenters. The second-order valence-electron chi connectivity index (χ2n) is 5.14. The van der Waals surface area contributed by atoms with Gasteiger partial charge >= 0.3 is 5.97 Å². The minimum Gasteiger partial charge on any atom is -0.468 e. The molecule has 0 amide bonds. The van der Waals surface area contributed by atoms with E-state index < -0.39 is 0 Å². The van der Waals surface area contributed by atoms with Crippen LogP contribution in [0.15, 0.2) is 0 Å². The molecule has 112 valence electrons. The lowest BCUT2D eigenvalue weighted by Gasteiger charge is -2.32. The first-order valence-corrected chi connectivity index (χ1v) is 7.15. The Kier molecular flexibility index (Phi) is 7.34. The van der Waals surface area contributed by atoms with Crippen molar-refractivity contribution in [1.29, 1.82) is 0 Å². The highest BCUT2D eigenvalue weighted by Crippen LogP contribution is 2.21. The van der Waals surface area contributed by atoms with Gasteiger partial charge in [0.15, 0.2) is 0 Å². The van der Waals surface area contributed by atoms with Gasteiger partial charge in [-0.3, -0.25) is 4.79 Å². The maximum Gasteiger partial charge on any atom is 0.322 e. The Morgan fingerprint density at radius 3 is 2.53 bits per heavy atom. The molecule has 0 aliphatic carbocycles. The van der Waals surface area contributed by atoms with Gasteiger partial charge in [0.2, 0.25) is 0 Å². The van der Waals surface area contributed by atoms with E-state index in [1.807, 2.05) is 6.92 Å². The summed E-state index contributed by atoms with van der Waals surface area (Å²) in [4.78, 5) is 11.5. The van der Waals surface area contributed by atoms with Crippen LogP contribution in [0.25, 0.3) is 0 Å². The maximum absolute atomic E-state index is 11.5. The molecular weight excluding hydrogens is 246 g/mol. The Labute approximate surface area is 116 Å². The SMILES string of the molecule is CCNC(CCOC1CC(C)OC(C)C1)C(=O)OC. The molecule has 0 bridgehead atoms. The van der Waals surface area contributed by atoms with E-state index in [9.17, 15) is 4.79 Å². The second kappa shape index (κ2) is 8.51. The number of methoxy groups -OCH3 is 1. The number of likely N-dealkylation sites (N-methyl/N-ethyl adjacent to an activating group) is 1. The summed E-state index contributed by atoms with van der Waals surface area (Å²) < 4.78 is 16.3. The first-order valence-electron chi connectivity index (χ1n) is 7.15. The fraction of sp³-hybridized carbons (Fsp3) is 0.929. The van der Waals surface area contributed by atoms with Crippen molar-refractivity contribution in [3.63, 3.8) is 0 Å². The molecule has 1 aliphatic rings. The number of esters is 1. The van der Waals surface area contributed by atoms with E-state index in [1.54, 1.807) is 0 Å². The molecule has 5 heteroatoms. The summed E-state index contributed by atoms with van der Waals surface area (Å²) in [5.41, 5.74) is 0. The van der Waals surface area contributed by atoms with Gasteiger partial charge in [0.25, 0.3) is 0 Å². The molecule has 0 spiro atoms. The molecule has 1 aliphatic heterocycles. The molecule has 0 aromatic rings. The van der Waals surface area contributed by atoms with E-state index in [4.69, 9.17) is 14.2 Å². The Morgan fingerprint density at radius 2 is 2.00 bits per heavy atom. The zero-order valence-corrected chi connectivity index (χ0v) is 12.5. The van der Waals surface area contributed by atoms with Gasteiger partial charge in [0, 0.05) is 6.61 Å². The van der Waals surface area contributed by atoms with Gasteiger partial charge in [-0.2, -0.15) is 0 Å². The van der Waals surface area contributed by atoms with Crippen molar-refractivity contribution in [2.45, 2.75) is 64.4 Å². The molecule has 1 saturated heterocycles. The third-order valence-electron chi connectivity index (χ3n) is 3.35. The lowest BCUT2D eigenvalue weighted by atomic mass is 10.0. The summed E-state index contributed by atoms with van der Waals surface area (Å²) in [5, 5.41) is 3.11. The summed E-state index contributed by atoms with van der Waals surface area (Å²) in [6.07, 6.45) is 3.22. The zero-order valence-electron chi connectivity index (χ0n) is 12.5. The van der Waals surface area contributed by atoms with E-state index in [0.29, 0.717) is 13.0 Å². The van der Waals surface area contributed by atoms with Crippen LogP contribution in [-0.4, -0.2) is 50.6 Å². The van der Waals surface area contributed by atoms with E-state index in [0.717, 1.165) is 19.4 Å². The second-order valence-corrected chi connectivity index (χ2v) is 5.14. The highest BCUT2D eigenvalue weighted by molar-refractivity contribution is 5.75. The van der Waals surface area contributed by atoms with Crippen molar-refractivity contribution in [3.05, 3.63) is 0 Å². The number of hydrogen-bond donors (Lipinski definition) is 1. The fourth-order valence-electron chi connectivity index (χ4n) is 2.52. The molecule has 0 aromatic carbocycles. The van der Waals surface area contributed by atoms with Gasteiger partial charge in [-0.25, -0.2) is 0 Å². The van der Waals surface area contributed by atoms with Crippen LogP contribution >= 0.6 is 0 Å². The van der Waals surface area contributed by atoms with Crippen LogP contribution in [0.5, 0.6) is 0 Å². The molecule has 0 saturated carbocycles. The third-order valence-corrected chi connectivity index (χ3v) is 3.35. The predicted molar refractivity (Wildman–Crippen MR) is 73.1 cm³/mol. The molecule has 5 nitrogen and oxygen atoms in total. The maximum atomic E-state index is 11.5. The lowest BCUT2D eigenvalue weighted by Crippen LogP contribution is -2.39. The quantitative estimate of drug-likeness (QED) is 0.712. The summed E-state index contributed by atoms with van der Waals surface area (Å²) in [7, 11) is 1.41. The molecule has 1 fully saturated rings. The monoisotopic (exact) mass is 273 g/mol. The standard InChI is InChI=1S/C14H27NO4/c1-5-15-13(14(16)17-4)6-7-18-12-8-10(2)19-11(3)9-12/h10-13,15H,5-9H2,1-4H3. The largest absolute Gasteiger partial charge is 0.468 e. The highest BCUT2D eigenvalue weighted by Gasteiger charge is 2.25. The topological polar surface area (TPSA) is 56.8 Å². The van der Waals surface area contributed by atoms with Crippen molar-refractivity contribution in [2.24, 2.45) is 0 Å². The van der Waals surface area contributed by atoms with Gasteiger partial charge < -0.3 is 19.5 Å². The molecular formula is C14H27NO4. The Hall–Kier alpha value is -0.650. The van der Waals surface area contributed by atoms with Crippen LogP contribution in [0.3, 0.4) is 0 Å². The predicted octanol–water partition coefficient (Wildman–Crippen LogP) is 1.50. The van der Waals surface area contributed by atoms with Gasteiger partial charge in [-0.05, 0) is 39.7 Å². The van der Waals surface area contributed by atoms with Crippen molar-refractivity contribution < 1.29 is 19.0 Å². The van der Waals surface area contributed by atoms with E-state index in [2.05, 4.69) is 19.2 Å². The van der Waals surface area contributed by atoms with Crippen molar-refractivity contribution in [3.8, 4) is 0 Å². The molecule has 1 rings (SSSR count). The van der Waals surface area contributed by atoms with Crippen LogP contribution in [-0.2, 0) is 19.0 Å². The molecule has 1 heterocycles. The van der Waals surface area contributed by atoms with Crippen LogP contribution in [0.1, 0.15) is 40.0 Å². The van der Waals surface area contributed by atoms with Crippen molar-refractivity contribution >= 4 is 5.97 Å². The first-order chi connectivity index (χ1) is 9.06. The number of carbonyl (C=O) groups is 1. The molecule has 0 radical (unpaired) electrons. The number of nitrogens with one attached hydrogen (secondary N) is 1. The van der Waals surface area contributed by atoms with Gasteiger partial charge in [-0.15, -0.1) is 0 Å². The Balaban J connectivity index is 2.29. The van der Waals surface area contributed by atoms with Crippen LogP contribution in [0.4, 0.5) is 0 Å². The first kappa shape index (κ1) is 16.4. The molecule has 1 N–H and O–H groups in total. The van der Waals surface area contributed by atoms with E-state index in [1.165, 1.54) is 7.11 Å². The number of carbonyl (C=O) groups excluding carboxylic acids is 1. The zero-order chi connectivity index (χ0) is 14.3. The van der Waals surface area contributed by atoms with E-state index in [-0.39, 0.29) is 30.3 Å². The van der Waals surface area contributed by atoms with E-state index >= 15 is 0 Å². The van der Waals surface area contributed by atoms with Gasteiger partial charge in [0.05, 0.1) is 25.4 Å². The summed E-state index contributed by atoms with van der Waals surface area (Å²) >= 11 is 0. The van der Waals surface area contributed by atoms with Crippen LogP contribution in [0.2, 0.25) is 0 Å².